The second kappa shape index (κ2) is 13.0. The van der Waals surface area contributed by atoms with E-state index in [1.54, 1.807) is 36.4 Å². The van der Waals surface area contributed by atoms with Gasteiger partial charge in [-0.3, -0.25) is 24.1 Å². The van der Waals surface area contributed by atoms with Gasteiger partial charge in [-0.05, 0) is 72.9 Å². The van der Waals surface area contributed by atoms with Crippen LogP contribution in [0.4, 0.5) is 33.3 Å². The number of alkyl halides is 2. The number of benzene rings is 4. The van der Waals surface area contributed by atoms with Crippen LogP contribution >= 0.6 is 34.8 Å². The van der Waals surface area contributed by atoms with Crippen LogP contribution in [0.1, 0.15) is 24.3 Å². The number of rotatable bonds is 5. The number of phenolic OH excluding ortho intramolecular Hbond substituents is 1. The number of amides is 4. The van der Waals surface area contributed by atoms with Crippen molar-refractivity contribution in [3.8, 4) is 23.0 Å². The van der Waals surface area contributed by atoms with E-state index in [1.165, 1.54) is 31.4 Å². The molecule has 0 spiro atoms. The maximum Gasteiger partial charge on any atom is 0.258 e. The molecular formula is C40H23Cl3F5N3O7. The number of aromatic nitrogens is 1. The first kappa shape index (κ1) is 38.0. The molecule has 3 heterocycles. The van der Waals surface area contributed by atoms with Crippen molar-refractivity contribution in [3.63, 3.8) is 0 Å². The molecule has 1 N–H and O–H groups in total. The minimum absolute atomic E-state index is 0.0436. The van der Waals surface area contributed by atoms with Gasteiger partial charge < -0.3 is 14.3 Å². The minimum Gasteiger partial charge on any atom is -0.503 e. The van der Waals surface area contributed by atoms with E-state index in [0.29, 0.717) is 22.6 Å². The number of phenols is 1. The van der Waals surface area contributed by atoms with E-state index in [9.17, 15) is 37.5 Å². The summed E-state index contributed by atoms with van der Waals surface area (Å²) in [6.07, 6.45) is 0.739. The maximum absolute atomic E-state index is 15.4. The lowest BCUT2D eigenvalue weighted by molar-refractivity contribution is -0.125. The van der Waals surface area contributed by atoms with Crippen molar-refractivity contribution >= 4 is 80.9 Å². The lowest BCUT2D eigenvalue weighted by Gasteiger charge is -2.50. The van der Waals surface area contributed by atoms with Gasteiger partial charge in [0.25, 0.3) is 11.8 Å². The minimum atomic E-state index is -2.79. The molecule has 5 aromatic rings. The quantitative estimate of drug-likeness (QED) is 0.0467. The van der Waals surface area contributed by atoms with Crippen LogP contribution in [0, 0.1) is 46.8 Å². The highest BCUT2D eigenvalue weighted by atomic mass is 35.5. The molecule has 4 amide bonds. The van der Waals surface area contributed by atoms with E-state index >= 15 is 8.78 Å². The summed E-state index contributed by atoms with van der Waals surface area (Å²) in [6, 6.07) is 15.7. The summed E-state index contributed by atoms with van der Waals surface area (Å²) in [5.74, 6) is -22.6. The average Bonchev–Trinajstić information content (AvgIpc) is 3.81. The molecule has 1 saturated carbocycles. The van der Waals surface area contributed by atoms with Gasteiger partial charge in [-0.25, -0.2) is 31.8 Å². The van der Waals surface area contributed by atoms with Gasteiger partial charge in [0.15, 0.2) is 50.1 Å². The lowest BCUT2D eigenvalue weighted by Crippen LogP contribution is -2.60. The molecule has 2 aliphatic heterocycles. The van der Waals surface area contributed by atoms with Gasteiger partial charge in [-0.15, -0.1) is 23.2 Å². The van der Waals surface area contributed by atoms with Gasteiger partial charge in [-0.2, -0.15) is 0 Å². The molecule has 4 aromatic carbocycles. The van der Waals surface area contributed by atoms with Crippen molar-refractivity contribution in [3.05, 3.63) is 112 Å². The molecule has 0 bridgehead atoms. The Morgan fingerprint density at radius 1 is 0.845 bits per heavy atom. The molecule has 296 valence electrons. The van der Waals surface area contributed by atoms with E-state index in [-0.39, 0.29) is 38.9 Å². The van der Waals surface area contributed by atoms with Crippen molar-refractivity contribution in [2.45, 2.75) is 28.5 Å². The van der Waals surface area contributed by atoms with Gasteiger partial charge in [0, 0.05) is 11.5 Å². The molecule has 2 saturated heterocycles. The lowest BCUT2D eigenvalue weighted by atomic mass is 9.56. The molecule has 10 nitrogen and oxygen atoms in total. The second-order valence-electron chi connectivity index (χ2n) is 14.3. The van der Waals surface area contributed by atoms with Crippen LogP contribution < -0.4 is 14.5 Å². The zero-order valence-electron chi connectivity index (χ0n) is 29.3. The second-order valence-corrected chi connectivity index (χ2v) is 15.9. The highest BCUT2D eigenvalue weighted by molar-refractivity contribution is 6.58. The Balaban J connectivity index is 1.16. The number of methoxy groups -OCH3 is 1. The number of para-hydroxylation sites is 2. The number of carbonyl (C=O) groups excluding carboxylic acids is 4. The number of fused-ring (bicyclic) bond motifs is 5. The monoisotopic (exact) mass is 857 g/mol. The Bertz CT molecular complexity index is 2670. The fraction of sp³-hybridized carbons (Fsp3) is 0.225. The molecule has 6 unspecified atom stereocenters. The largest absolute Gasteiger partial charge is 0.503 e. The Hall–Kier alpha value is -5.51. The van der Waals surface area contributed by atoms with Crippen LogP contribution in [-0.4, -0.2) is 50.6 Å². The zero-order chi connectivity index (χ0) is 41.3. The first-order valence-corrected chi connectivity index (χ1v) is 18.6. The number of nitrogens with zero attached hydrogens (tertiary/aromatic N) is 3. The summed E-state index contributed by atoms with van der Waals surface area (Å²) >= 11 is 20.7. The normalized spacial score (nSPS) is 26.6. The predicted molar refractivity (Wildman–Crippen MR) is 198 cm³/mol. The summed E-state index contributed by atoms with van der Waals surface area (Å²) in [4.78, 5) is 57.3. The molecule has 18 heteroatoms. The van der Waals surface area contributed by atoms with Gasteiger partial charge in [0.05, 0.1) is 29.7 Å². The number of ether oxygens (including phenoxy) is 1. The predicted octanol–water partition coefficient (Wildman–Crippen LogP) is 8.33. The molecule has 6 atom stereocenters. The average molecular weight is 859 g/mol. The molecule has 1 aromatic heterocycles. The number of oxazole rings is 1. The first-order chi connectivity index (χ1) is 27.5. The Morgan fingerprint density at radius 3 is 2.16 bits per heavy atom. The van der Waals surface area contributed by atoms with Crippen molar-refractivity contribution in [2.75, 3.05) is 16.9 Å². The topological polar surface area (TPSA) is 130 Å². The highest BCUT2D eigenvalue weighted by Crippen LogP contribution is 2.66. The smallest absolute Gasteiger partial charge is 0.258 e. The third-order valence-corrected chi connectivity index (χ3v) is 13.2. The summed E-state index contributed by atoms with van der Waals surface area (Å²) in [6.45, 7) is 0. The van der Waals surface area contributed by atoms with E-state index in [2.05, 4.69) is 4.98 Å². The van der Waals surface area contributed by atoms with Gasteiger partial charge >= 0.3 is 0 Å². The SMILES string of the molecule is COc1cc(C2C3=CCC4C(=O)N(c5ccc(-c6nc7ccccc7o6)cc5)C(=O)C4C3CC3(Cl)C(=O)N(c4c(F)c(F)c(F)c(F)c4F)C(=O)C23Cl)cc(Cl)c1O. The number of aromatic hydroxyl groups is 1. The van der Waals surface area contributed by atoms with Crippen molar-refractivity contribution in [1.29, 1.82) is 0 Å². The van der Waals surface area contributed by atoms with Crippen LogP contribution in [0.3, 0.4) is 0 Å². The van der Waals surface area contributed by atoms with Gasteiger partial charge in [0.1, 0.15) is 11.2 Å². The zero-order valence-corrected chi connectivity index (χ0v) is 31.6. The highest BCUT2D eigenvalue weighted by Gasteiger charge is 2.77. The summed E-state index contributed by atoms with van der Waals surface area (Å²) in [5.41, 5.74) is 0.134. The number of allylic oxidation sites excluding steroid dienone is 2. The fourth-order valence-electron chi connectivity index (χ4n) is 8.86. The van der Waals surface area contributed by atoms with E-state index in [1.807, 2.05) is 0 Å². The van der Waals surface area contributed by atoms with Crippen molar-refractivity contribution < 1.29 is 55.4 Å². The fourth-order valence-corrected chi connectivity index (χ4v) is 10.0. The Labute approximate surface area is 338 Å². The number of hydrogen-bond acceptors (Lipinski definition) is 8. The molecule has 2 aliphatic carbocycles. The summed E-state index contributed by atoms with van der Waals surface area (Å²) in [7, 11) is 1.18. The number of carbonyl (C=O) groups is 4. The molecule has 58 heavy (non-hydrogen) atoms. The molecule has 9 rings (SSSR count). The van der Waals surface area contributed by atoms with Crippen LogP contribution in [0.15, 0.2) is 76.7 Å². The van der Waals surface area contributed by atoms with Gasteiger partial charge in [0.2, 0.25) is 23.5 Å². The Kier molecular flexibility index (Phi) is 8.52. The first-order valence-electron chi connectivity index (χ1n) is 17.4. The molecular weight excluding hydrogens is 836 g/mol. The number of halogens is 8. The summed E-state index contributed by atoms with van der Waals surface area (Å²) in [5, 5.41) is 10.2. The van der Waals surface area contributed by atoms with Crippen LogP contribution in [0.2, 0.25) is 5.02 Å². The van der Waals surface area contributed by atoms with E-state index in [4.69, 9.17) is 44.0 Å². The molecule has 3 fully saturated rings. The number of imide groups is 2. The maximum atomic E-state index is 15.4. The molecule has 4 aliphatic rings. The number of hydrogen-bond donors (Lipinski definition) is 1. The van der Waals surface area contributed by atoms with Crippen LogP contribution in [0.25, 0.3) is 22.6 Å². The van der Waals surface area contributed by atoms with Crippen LogP contribution in [0.5, 0.6) is 11.5 Å². The third kappa shape index (κ3) is 4.92. The van der Waals surface area contributed by atoms with E-state index in [0.717, 1.165) is 11.0 Å². The van der Waals surface area contributed by atoms with Gasteiger partial charge in [-0.1, -0.05) is 35.4 Å². The summed E-state index contributed by atoms with van der Waals surface area (Å²) < 4.78 is 85.1. The van der Waals surface area contributed by atoms with Crippen molar-refractivity contribution in [2.24, 2.45) is 17.8 Å². The van der Waals surface area contributed by atoms with Crippen molar-refractivity contribution in [1.82, 2.24) is 4.98 Å². The standard InChI is InChI=1S/C40H23Cl3F5N3O7/c1-57-24-13-16(12-21(41)33(24)52)26-18-10-11-19-25(36(54)50(35(19)53)17-8-6-15(7-9-17)34-49-22-4-2-3-5-23(22)58-34)20(18)14-39(42)37(55)51(38(56)40(26,39)43)32-30(47)28(45)27(44)29(46)31(32)48/h2-10,12-13,19-20,25-26,52H,11,14H2,1H3. The third-order valence-electron chi connectivity index (χ3n) is 11.5. The molecule has 0 radical (unpaired) electrons. The van der Waals surface area contributed by atoms with E-state index < -0.39 is 104 Å². The van der Waals surface area contributed by atoms with Crippen LogP contribution in [-0.2, 0) is 19.2 Å². The number of anilines is 2. The Morgan fingerprint density at radius 2 is 1.50 bits per heavy atom.